The topological polar surface area (TPSA) is 74.4 Å². The number of methoxy groups -OCH3 is 1. The van der Waals surface area contributed by atoms with E-state index >= 15 is 0 Å². The van der Waals surface area contributed by atoms with Gasteiger partial charge >= 0.3 is 12.3 Å². The maximum atomic E-state index is 12.7. The van der Waals surface area contributed by atoms with E-state index in [4.69, 9.17) is 5.73 Å². The minimum Gasteiger partial charge on any atom is -0.465 e. The molecule has 0 atom stereocenters. The van der Waals surface area contributed by atoms with Gasteiger partial charge in [-0.2, -0.15) is 0 Å². The standard InChI is InChI=1S/C10H9F5N2O3/c1-19-9(18)5-2-4(3-16)8(20-10(13,14)15)17-6(5)7(11)12/h2,7H,3,16H2,1H3. The van der Waals surface area contributed by atoms with Crippen LogP contribution in [0.1, 0.15) is 28.0 Å². The molecule has 1 heterocycles. The maximum Gasteiger partial charge on any atom is 0.574 e. The molecule has 0 aromatic carbocycles. The van der Waals surface area contributed by atoms with Gasteiger partial charge in [-0.3, -0.25) is 0 Å². The second-order valence-electron chi connectivity index (χ2n) is 3.43. The van der Waals surface area contributed by atoms with Crippen molar-refractivity contribution in [1.29, 1.82) is 0 Å². The van der Waals surface area contributed by atoms with Crippen LogP contribution in [-0.2, 0) is 11.3 Å². The molecule has 0 aliphatic carbocycles. The molecule has 0 radical (unpaired) electrons. The SMILES string of the molecule is COC(=O)c1cc(CN)c(OC(F)(F)F)nc1C(F)F. The molecule has 0 aliphatic heterocycles. The van der Waals surface area contributed by atoms with Crippen LogP contribution in [0, 0.1) is 0 Å². The summed E-state index contributed by atoms with van der Waals surface area (Å²) in [5.41, 5.74) is 2.98. The molecule has 0 amide bonds. The quantitative estimate of drug-likeness (QED) is 0.681. The van der Waals surface area contributed by atoms with Crippen LogP contribution >= 0.6 is 0 Å². The summed E-state index contributed by atoms with van der Waals surface area (Å²) in [6.45, 7) is -0.494. The number of hydrogen-bond donors (Lipinski definition) is 1. The van der Waals surface area contributed by atoms with E-state index in [1.807, 2.05) is 0 Å². The van der Waals surface area contributed by atoms with Crippen molar-refractivity contribution in [2.45, 2.75) is 19.3 Å². The van der Waals surface area contributed by atoms with Gasteiger partial charge < -0.3 is 15.2 Å². The number of carbonyl (C=O) groups excluding carboxylic acids is 1. The molecule has 0 fully saturated rings. The van der Waals surface area contributed by atoms with Crippen molar-refractivity contribution in [2.24, 2.45) is 5.73 Å². The van der Waals surface area contributed by atoms with Crippen LogP contribution in [-0.4, -0.2) is 24.4 Å². The number of halogens is 5. The van der Waals surface area contributed by atoms with E-state index in [1.165, 1.54) is 0 Å². The Kier molecular flexibility index (Phi) is 4.82. The van der Waals surface area contributed by atoms with Gasteiger partial charge in [-0.25, -0.2) is 18.6 Å². The van der Waals surface area contributed by atoms with Gasteiger partial charge in [0.25, 0.3) is 6.43 Å². The number of rotatable bonds is 4. The number of aromatic nitrogens is 1. The largest absolute Gasteiger partial charge is 0.574 e. The Labute approximate surface area is 109 Å². The minimum absolute atomic E-state index is 0.355. The highest BCUT2D eigenvalue weighted by Gasteiger charge is 2.34. The van der Waals surface area contributed by atoms with E-state index in [2.05, 4.69) is 14.5 Å². The molecule has 20 heavy (non-hydrogen) atoms. The van der Waals surface area contributed by atoms with Gasteiger partial charge in [0, 0.05) is 12.1 Å². The van der Waals surface area contributed by atoms with Crippen LogP contribution in [0.2, 0.25) is 0 Å². The smallest absolute Gasteiger partial charge is 0.465 e. The number of alkyl halides is 5. The number of nitrogens with zero attached hydrogens (tertiary/aromatic N) is 1. The van der Waals surface area contributed by atoms with E-state index in [9.17, 15) is 26.7 Å². The Morgan fingerprint density at radius 2 is 2.05 bits per heavy atom. The first-order chi connectivity index (χ1) is 9.19. The zero-order chi connectivity index (χ0) is 15.5. The molecule has 0 bridgehead atoms. The average molecular weight is 300 g/mol. The Morgan fingerprint density at radius 1 is 1.45 bits per heavy atom. The molecular weight excluding hydrogens is 291 g/mol. The van der Waals surface area contributed by atoms with Crippen molar-refractivity contribution in [2.75, 3.05) is 7.11 Å². The number of ether oxygens (including phenoxy) is 2. The summed E-state index contributed by atoms with van der Waals surface area (Å²) >= 11 is 0. The molecule has 1 rings (SSSR count). The van der Waals surface area contributed by atoms with Gasteiger partial charge in [0.05, 0.1) is 12.7 Å². The maximum absolute atomic E-state index is 12.7. The Hall–Kier alpha value is -1.97. The lowest BCUT2D eigenvalue weighted by molar-refractivity contribution is -0.276. The molecular formula is C10H9F5N2O3. The minimum atomic E-state index is -5.12. The Bertz CT molecular complexity index is 504. The molecule has 0 spiro atoms. The van der Waals surface area contributed by atoms with Crippen LogP contribution in [0.3, 0.4) is 0 Å². The molecule has 1 aromatic heterocycles. The van der Waals surface area contributed by atoms with Crippen molar-refractivity contribution in [3.63, 3.8) is 0 Å². The fourth-order valence-electron chi connectivity index (χ4n) is 1.34. The van der Waals surface area contributed by atoms with Gasteiger partial charge in [0.2, 0.25) is 5.88 Å². The Morgan fingerprint density at radius 3 is 2.45 bits per heavy atom. The van der Waals surface area contributed by atoms with E-state index in [1.54, 1.807) is 0 Å². The van der Waals surface area contributed by atoms with Crippen molar-refractivity contribution in [1.82, 2.24) is 4.98 Å². The van der Waals surface area contributed by atoms with E-state index in [0.717, 1.165) is 13.2 Å². The summed E-state index contributed by atoms with van der Waals surface area (Å²) in [5, 5.41) is 0. The first-order valence-electron chi connectivity index (χ1n) is 5.05. The molecule has 0 aliphatic rings. The normalized spacial score (nSPS) is 11.6. The van der Waals surface area contributed by atoms with Gasteiger partial charge in [0.15, 0.2) is 0 Å². The molecule has 5 nitrogen and oxygen atoms in total. The molecule has 1 aromatic rings. The lowest BCUT2D eigenvalue weighted by Gasteiger charge is -2.14. The fourth-order valence-corrected chi connectivity index (χ4v) is 1.34. The van der Waals surface area contributed by atoms with Crippen LogP contribution in [0.25, 0.3) is 0 Å². The average Bonchev–Trinajstić information content (AvgIpc) is 2.35. The molecule has 0 unspecified atom stereocenters. The number of nitrogens with two attached hydrogens (primary N) is 1. The first kappa shape index (κ1) is 16.1. The zero-order valence-corrected chi connectivity index (χ0v) is 10.0. The number of hydrogen-bond acceptors (Lipinski definition) is 5. The van der Waals surface area contributed by atoms with Crippen molar-refractivity contribution < 1.29 is 36.2 Å². The highest BCUT2D eigenvalue weighted by Crippen LogP contribution is 2.30. The van der Waals surface area contributed by atoms with Crippen LogP contribution in [0.5, 0.6) is 5.88 Å². The van der Waals surface area contributed by atoms with Crippen molar-refractivity contribution >= 4 is 5.97 Å². The van der Waals surface area contributed by atoms with E-state index < -0.39 is 42.4 Å². The highest BCUT2D eigenvalue weighted by molar-refractivity contribution is 5.91. The van der Waals surface area contributed by atoms with Crippen molar-refractivity contribution in [3.05, 3.63) is 22.9 Å². The van der Waals surface area contributed by atoms with Gasteiger partial charge in [-0.05, 0) is 6.07 Å². The lowest BCUT2D eigenvalue weighted by Crippen LogP contribution is -2.21. The van der Waals surface area contributed by atoms with Gasteiger partial charge in [-0.15, -0.1) is 13.2 Å². The number of pyridine rings is 1. The number of esters is 1. The summed E-state index contributed by atoms with van der Waals surface area (Å²) in [4.78, 5) is 14.3. The highest BCUT2D eigenvalue weighted by atomic mass is 19.4. The third-order valence-electron chi connectivity index (χ3n) is 2.14. The monoisotopic (exact) mass is 300 g/mol. The predicted octanol–water partition coefficient (Wildman–Crippen LogP) is 2.16. The fraction of sp³-hybridized carbons (Fsp3) is 0.400. The molecule has 0 saturated heterocycles. The molecule has 0 saturated carbocycles. The summed E-state index contributed by atoms with van der Waals surface area (Å²) in [6.07, 6.45) is -8.41. The second kappa shape index (κ2) is 5.99. The Balaban J connectivity index is 3.41. The van der Waals surface area contributed by atoms with E-state index in [-0.39, 0.29) is 5.56 Å². The lowest BCUT2D eigenvalue weighted by atomic mass is 10.1. The van der Waals surface area contributed by atoms with Gasteiger partial charge in [-0.1, -0.05) is 0 Å². The predicted molar refractivity (Wildman–Crippen MR) is 55.1 cm³/mol. The first-order valence-corrected chi connectivity index (χ1v) is 5.05. The molecule has 112 valence electrons. The van der Waals surface area contributed by atoms with E-state index in [0.29, 0.717) is 0 Å². The zero-order valence-electron chi connectivity index (χ0n) is 10.0. The molecule has 10 heteroatoms. The summed E-state index contributed by atoms with van der Waals surface area (Å²) in [6, 6.07) is 0.738. The summed E-state index contributed by atoms with van der Waals surface area (Å²) in [5.74, 6) is -2.29. The van der Waals surface area contributed by atoms with Crippen molar-refractivity contribution in [3.8, 4) is 5.88 Å². The third kappa shape index (κ3) is 3.76. The number of carbonyl (C=O) groups is 1. The summed E-state index contributed by atoms with van der Waals surface area (Å²) in [7, 11) is 0.930. The molecule has 2 N–H and O–H groups in total. The van der Waals surface area contributed by atoms with Crippen LogP contribution in [0.4, 0.5) is 22.0 Å². The third-order valence-corrected chi connectivity index (χ3v) is 2.14. The second-order valence-corrected chi connectivity index (χ2v) is 3.43. The van der Waals surface area contributed by atoms with Crippen LogP contribution in [0.15, 0.2) is 6.07 Å². The van der Waals surface area contributed by atoms with Crippen LogP contribution < -0.4 is 10.5 Å². The van der Waals surface area contributed by atoms with Gasteiger partial charge in [0.1, 0.15) is 5.69 Å². The summed E-state index contributed by atoms with van der Waals surface area (Å²) < 4.78 is 69.6.